The van der Waals surface area contributed by atoms with Crippen LogP contribution < -0.4 is 16.4 Å². The fraction of sp³-hybridized carbons (Fsp3) is 0.846. The number of carbonyl (C=O) groups excluding carboxylic acids is 2. The number of carbonyl (C=O) groups is 2. The number of rotatable bonds is 5. The highest BCUT2D eigenvalue weighted by Gasteiger charge is 2.23. The molecule has 1 rings (SSSR count). The summed E-state index contributed by atoms with van der Waals surface area (Å²) >= 11 is 0. The van der Waals surface area contributed by atoms with Gasteiger partial charge in [-0.05, 0) is 31.6 Å². The minimum absolute atomic E-state index is 0.161. The van der Waals surface area contributed by atoms with Gasteiger partial charge in [0, 0.05) is 19.1 Å². The van der Waals surface area contributed by atoms with Crippen LogP contribution in [0.3, 0.4) is 0 Å². The smallest absolute Gasteiger partial charge is 0.309 e. The number of nitrogens with two attached hydrogens (primary N) is 1. The topological polar surface area (TPSA) is 84.2 Å². The molecule has 2 amide bonds. The maximum Gasteiger partial charge on any atom is 0.309 e. The molecule has 18 heavy (non-hydrogen) atoms. The second-order valence-electron chi connectivity index (χ2n) is 5.02. The summed E-state index contributed by atoms with van der Waals surface area (Å²) in [5.74, 6) is -0.298. The van der Waals surface area contributed by atoms with Gasteiger partial charge in [0.1, 0.15) is 0 Å². The van der Waals surface area contributed by atoms with Gasteiger partial charge < -0.3 is 16.4 Å². The molecule has 5 heteroatoms. The molecule has 0 spiro atoms. The molecule has 1 aliphatic rings. The van der Waals surface area contributed by atoms with E-state index in [-0.39, 0.29) is 6.04 Å². The first kappa shape index (κ1) is 15.0. The SMILES string of the molecule is CCCC1CCC(NC(=O)C(=O)NCCN)CC1. The summed E-state index contributed by atoms with van der Waals surface area (Å²) in [6, 6.07) is 0.161. The molecule has 0 aromatic rings. The molecule has 0 bridgehead atoms. The third kappa shape index (κ3) is 5.04. The van der Waals surface area contributed by atoms with E-state index in [1.807, 2.05) is 0 Å². The van der Waals surface area contributed by atoms with Crippen molar-refractivity contribution in [1.29, 1.82) is 0 Å². The van der Waals surface area contributed by atoms with Gasteiger partial charge in [-0.2, -0.15) is 0 Å². The van der Waals surface area contributed by atoms with Gasteiger partial charge >= 0.3 is 11.8 Å². The zero-order chi connectivity index (χ0) is 13.4. The predicted molar refractivity (Wildman–Crippen MR) is 70.9 cm³/mol. The molecule has 0 aromatic carbocycles. The first-order valence-corrected chi connectivity index (χ1v) is 6.96. The quantitative estimate of drug-likeness (QED) is 0.627. The van der Waals surface area contributed by atoms with Crippen LogP contribution in [0, 0.1) is 5.92 Å². The molecule has 0 aliphatic heterocycles. The molecule has 1 aliphatic carbocycles. The lowest BCUT2D eigenvalue weighted by molar-refractivity contribution is -0.139. The molecule has 0 unspecified atom stereocenters. The van der Waals surface area contributed by atoms with Crippen LogP contribution in [0.5, 0.6) is 0 Å². The molecule has 0 heterocycles. The highest BCUT2D eigenvalue weighted by Crippen LogP contribution is 2.27. The van der Waals surface area contributed by atoms with E-state index in [0.717, 1.165) is 31.6 Å². The fourth-order valence-corrected chi connectivity index (χ4v) is 2.52. The maximum absolute atomic E-state index is 11.6. The Morgan fingerprint density at radius 1 is 1.17 bits per heavy atom. The molecule has 104 valence electrons. The summed E-state index contributed by atoms with van der Waals surface area (Å²) in [5.41, 5.74) is 5.26. The Balaban J connectivity index is 2.23. The molecular formula is C13H25N3O2. The lowest BCUT2D eigenvalue weighted by Crippen LogP contribution is -2.46. The number of hydrogen-bond donors (Lipinski definition) is 3. The summed E-state index contributed by atoms with van der Waals surface area (Å²) in [5, 5.41) is 5.27. The van der Waals surface area contributed by atoms with Gasteiger partial charge in [-0.3, -0.25) is 9.59 Å². The van der Waals surface area contributed by atoms with Gasteiger partial charge in [-0.1, -0.05) is 19.8 Å². The second kappa shape index (κ2) is 8.08. The van der Waals surface area contributed by atoms with E-state index in [9.17, 15) is 9.59 Å². The highest BCUT2D eigenvalue weighted by atomic mass is 16.2. The Kier molecular flexibility index (Phi) is 6.72. The Morgan fingerprint density at radius 3 is 2.39 bits per heavy atom. The zero-order valence-corrected chi connectivity index (χ0v) is 11.2. The Labute approximate surface area is 109 Å². The molecule has 0 saturated heterocycles. The molecule has 1 fully saturated rings. The van der Waals surface area contributed by atoms with E-state index < -0.39 is 11.8 Å². The van der Waals surface area contributed by atoms with Crippen molar-refractivity contribution in [1.82, 2.24) is 10.6 Å². The van der Waals surface area contributed by atoms with E-state index in [1.165, 1.54) is 12.8 Å². The summed E-state index contributed by atoms with van der Waals surface area (Å²) < 4.78 is 0. The summed E-state index contributed by atoms with van der Waals surface area (Å²) in [7, 11) is 0. The molecule has 5 nitrogen and oxygen atoms in total. The van der Waals surface area contributed by atoms with Crippen LogP contribution in [0.2, 0.25) is 0 Å². The van der Waals surface area contributed by atoms with E-state index in [4.69, 9.17) is 5.73 Å². The molecule has 0 aromatic heterocycles. The molecule has 1 saturated carbocycles. The van der Waals surface area contributed by atoms with Gasteiger partial charge in [0.2, 0.25) is 0 Å². The third-order valence-electron chi connectivity index (χ3n) is 3.52. The third-order valence-corrected chi connectivity index (χ3v) is 3.52. The van der Waals surface area contributed by atoms with Crippen molar-refractivity contribution in [2.24, 2.45) is 11.7 Å². The standard InChI is InChI=1S/C13H25N3O2/c1-2-3-10-4-6-11(7-5-10)16-13(18)12(17)15-9-8-14/h10-11H,2-9,14H2,1H3,(H,15,17)(H,16,18). The number of amides is 2. The lowest BCUT2D eigenvalue weighted by Gasteiger charge is -2.28. The van der Waals surface area contributed by atoms with Crippen LogP contribution in [-0.2, 0) is 9.59 Å². The Bertz CT molecular complexity index is 273. The Hall–Kier alpha value is -1.10. The maximum atomic E-state index is 11.6. The van der Waals surface area contributed by atoms with Crippen LogP contribution in [0.1, 0.15) is 45.4 Å². The van der Waals surface area contributed by atoms with Crippen LogP contribution in [-0.4, -0.2) is 30.9 Å². The van der Waals surface area contributed by atoms with Crippen molar-refractivity contribution in [3.8, 4) is 0 Å². The summed E-state index contributed by atoms with van der Waals surface area (Å²) in [4.78, 5) is 22.9. The van der Waals surface area contributed by atoms with Crippen molar-refractivity contribution in [3.05, 3.63) is 0 Å². The van der Waals surface area contributed by atoms with Crippen molar-refractivity contribution < 1.29 is 9.59 Å². The van der Waals surface area contributed by atoms with Gasteiger partial charge in [-0.25, -0.2) is 0 Å². The van der Waals surface area contributed by atoms with Crippen molar-refractivity contribution in [2.45, 2.75) is 51.5 Å². The van der Waals surface area contributed by atoms with Crippen molar-refractivity contribution in [3.63, 3.8) is 0 Å². The van der Waals surface area contributed by atoms with E-state index in [0.29, 0.717) is 13.1 Å². The van der Waals surface area contributed by atoms with Crippen LogP contribution in [0.15, 0.2) is 0 Å². The molecular weight excluding hydrogens is 230 g/mol. The highest BCUT2D eigenvalue weighted by molar-refractivity contribution is 6.35. The Morgan fingerprint density at radius 2 is 1.83 bits per heavy atom. The summed E-state index contributed by atoms with van der Waals surface area (Å²) in [6.07, 6.45) is 6.79. The molecule has 0 atom stereocenters. The number of hydrogen-bond acceptors (Lipinski definition) is 3. The average Bonchev–Trinajstić information content (AvgIpc) is 2.38. The van der Waals surface area contributed by atoms with Crippen LogP contribution >= 0.6 is 0 Å². The first-order valence-electron chi connectivity index (χ1n) is 6.96. The number of nitrogens with one attached hydrogen (secondary N) is 2. The van der Waals surface area contributed by atoms with E-state index in [1.54, 1.807) is 0 Å². The van der Waals surface area contributed by atoms with Gasteiger partial charge in [0.05, 0.1) is 0 Å². The van der Waals surface area contributed by atoms with Gasteiger partial charge in [0.15, 0.2) is 0 Å². The van der Waals surface area contributed by atoms with Crippen molar-refractivity contribution >= 4 is 11.8 Å². The van der Waals surface area contributed by atoms with Crippen molar-refractivity contribution in [2.75, 3.05) is 13.1 Å². The fourth-order valence-electron chi connectivity index (χ4n) is 2.52. The average molecular weight is 255 g/mol. The van der Waals surface area contributed by atoms with Crippen LogP contribution in [0.4, 0.5) is 0 Å². The van der Waals surface area contributed by atoms with Gasteiger partial charge in [0.25, 0.3) is 0 Å². The van der Waals surface area contributed by atoms with Crippen LogP contribution in [0.25, 0.3) is 0 Å². The normalized spacial score (nSPS) is 23.4. The van der Waals surface area contributed by atoms with E-state index in [2.05, 4.69) is 17.6 Å². The minimum atomic E-state index is -0.573. The lowest BCUT2D eigenvalue weighted by atomic mass is 9.83. The summed E-state index contributed by atoms with van der Waals surface area (Å²) in [6.45, 7) is 2.90. The monoisotopic (exact) mass is 255 g/mol. The second-order valence-corrected chi connectivity index (χ2v) is 5.02. The predicted octanol–water partition coefficient (Wildman–Crippen LogP) is 0.536. The molecule has 0 radical (unpaired) electrons. The first-order chi connectivity index (χ1) is 8.67. The molecule has 4 N–H and O–H groups in total. The van der Waals surface area contributed by atoms with Gasteiger partial charge in [-0.15, -0.1) is 0 Å². The minimum Gasteiger partial charge on any atom is -0.347 e. The zero-order valence-electron chi connectivity index (χ0n) is 11.2. The largest absolute Gasteiger partial charge is 0.347 e. The van der Waals surface area contributed by atoms with E-state index >= 15 is 0 Å².